The van der Waals surface area contributed by atoms with Gasteiger partial charge in [0, 0.05) is 10.6 Å². The summed E-state index contributed by atoms with van der Waals surface area (Å²) in [6.45, 7) is 0.169. The van der Waals surface area contributed by atoms with Crippen LogP contribution in [0.1, 0.15) is 16.0 Å². The molecule has 0 N–H and O–H groups in total. The van der Waals surface area contributed by atoms with Crippen LogP contribution >= 0.6 is 23.1 Å². The summed E-state index contributed by atoms with van der Waals surface area (Å²) >= 11 is 2.88. The van der Waals surface area contributed by atoms with E-state index in [-0.39, 0.29) is 18.4 Å². The number of thioether (sulfide) groups is 1. The highest BCUT2D eigenvalue weighted by Crippen LogP contribution is 2.40. The first-order chi connectivity index (χ1) is 15.1. The lowest BCUT2D eigenvalue weighted by Gasteiger charge is -2.16. The zero-order valence-corrected chi connectivity index (χ0v) is 18.8. The second kappa shape index (κ2) is 9.41. The number of benzene rings is 2. The molecule has 5 nitrogen and oxygen atoms in total. The van der Waals surface area contributed by atoms with Crippen LogP contribution in [0, 0.1) is 0 Å². The maximum Gasteiger partial charge on any atom is 0.268 e. The third-order valence-electron chi connectivity index (χ3n) is 4.91. The Morgan fingerprint density at radius 3 is 2.32 bits per heavy atom. The monoisotopic (exact) mass is 451 g/mol. The first kappa shape index (κ1) is 21.2. The molecule has 1 aliphatic rings. The number of nitrogens with zero attached hydrogens (tertiary/aromatic N) is 1. The van der Waals surface area contributed by atoms with Gasteiger partial charge in [-0.3, -0.25) is 14.5 Å². The number of methoxy groups -OCH3 is 2. The highest BCUT2D eigenvalue weighted by molar-refractivity contribution is 8.03. The van der Waals surface area contributed by atoms with Gasteiger partial charge in [0.1, 0.15) is 0 Å². The molecular formula is C24H21NO4S2. The van der Waals surface area contributed by atoms with Crippen LogP contribution in [0.4, 0.5) is 0 Å². The van der Waals surface area contributed by atoms with Gasteiger partial charge in [0.05, 0.1) is 31.2 Å². The molecule has 0 saturated heterocycles. The first-order valence-electron chi connectivity index (χ1n) is 9.64. The molecule has 2 aromatic carbocycles. The van der Waals surface area contributed by atoms with E-state index in [4.69, 9.17) is 9.47 Å². The number of rotatable bonds is 8. The molecule has 158 valence electrons. The predicted molar refractivity (Wildman–Crippen MR) is 124 cm³/mol. The van der Waals surface area contributed by atoms with Crippen LogP contribution in [0.15, 0.2) is 70.9 Å². The van der Waals surface area contributed by atoms with Crippen LogP contribution in [-0.4, -0.2) is 30.9 Å². The molecule has 31 heavy (non-hydrogen) atoms. The van der Waals surface area contributed by atoms with Gasteiger partial charge in [-0.2, -0.15) is 0 Å². The Bertz CT molecular complexity index is 1120. The van der Waals surface area contributed by atoms with Gasteiger partial charge in [-0.15, -0.1) is 23.1 Å². The molecule has 0 aliphatic carbocycles. The van der Waals surface area contributed by atoms with Gasteiger partial charge in [-0.1, -0.05) is 42.5 Å². The van der Waals surface area contributed by atoms with E-state index in [2.05, 4.69) is 0 Å². The fourth-order valence-corrected chi connectivity index (χ4v) is 5.27. The van der Waals surface area contributed by atoms with Gasteiger partial charge >= 0.3 is 0 Å². The summed E-state index contributed by atoms with van der Waals surface area (Å²) < 4.78 is 10.6. The number of hydrogen-bond acceptors (Lipinski definition) is 6. The predicted octanol–water partition coefficient (Wildman–Crippen LogP) is 4.98. The van der Waals surface area contributed by atoms with Crippen molar-refractivity contribution in [1.29, 1.82) is 0 Å². The van der Waals surface area contributed by atoms with Crippen molar-refractivity contribution in [2.45, 2.75) is 12.3 Å². The molecule has 2 heterocycles. The number of thiophene rings is 1. The number of ether oxygens (including phenoxy) is 2. The fraction of sp³-hybridized carbons (Fsp3) is 0.167. The molecular weight excluding hydrogens is 430 g/mol. The van der Waals surface area contributed by atoms with Crippen molar-refractivity contribution < 1.29 is 19.1 Å². The van der Waals surface area contributed by atoms with Crippen molar-refractivity contribution in [2.24, 2.45) is 0 Å². The van der Waals surface area contributed by atoms with E-state index in [1.165, 1.54) is 28.0 Å². The molecule has 4 rings (SSSR count). The van der Waals surface area contributed by atoms with Crippen molar-refractivity contribution >= 4 is 40.5 Å². The smallest absolute Gasteiger partial charge is 0.268 e. The van der Waals surface area contributed by atoms with Crippen molar-refractivity contribution in [3.63, 3.8) is 0 Å². The topological polar surface area (TPSA) is 55.8 Å². The van der Waals surface area contributed by atoms with Crippen LogP contribution in [0.25, 0.3) is 5.57 Å². The first-order valence-corrected chi connectivity index (χ1v) is 11.5. The molecule has 1 aromatic heterocycles. The third kappa shape index (κ3) is 4.38. The molecule has 2 amide bonds. The van der Waals surface area contributed by atoms with E-state index >= 15 is 0 Å². The summed E-state index contributed by atoms with van der Waals surface area (Å²) in [7, 11) is 3.13. The fourth-order valence-electron chi connectivity index (χ4n) is 3.36. The second-order valence-electron chi connectivity index (χ2n) is 6.84. The van der Waals surface area contributed by atoms with Crippen molar-refractivity contribution in [2.75, 3.05) is 14.2 Å². The Morgan fingerprint density at radius 1 is 0.871 bits per heavy atom. The lowest BCUT2D eigenvalue weighted by atomic mass is 10.2. The molecule has 7 heteroatoms. The average Bonchev–Trinajstić information content (AvgIpc) is 3.41. The van der Waals surface area contributed by atoms with E-state index in [9.17, 15) is 9.59 Å². The van der Waals surface area contributed by atoms with Crippen LogP contribution in [0.2, 0.25) is 0 Å². The molecule has 0 atom stereocenters. The Morgan fingerprint density at radius 2 is 1.65 bits per heavy atom. The standard InChI is InChI=1S/C24H21NO4S2/c1-28-18-11-10-17(13-19(18)29-2)14-25-23(26)21(20-9-6-12-30-20)22(24(25)27)31-15-16-7-4-3-5-8-16/h3-13H,14-15H2,1-2H3. The summed E-state index contributed by atoms with van der Waals surface area (Å²) in [6.07, 6.45) is 0. The number of carbonyl (C=O) groups excluding carboxylic acids is 2. The molecule has 0 radical (unpaired) electrons. The zero-order chi connectivity index (χ0) is 21.8. The van der Waals surface area contributed by atoms with Gasteiger partial charge in [0.15, 0.2) is 11.5 Å². The van der Waals surface area contributed by atoms with Crippen LogP contribution in [0.3, 0.4) is 0 Å². The molecule has 0 unspecified atom stereocenters. The molecule has 0 saturated carbocycles. The second-order valence-corrected chi connectivity index (χ2v) is 8.77. The number of carbonyl (C=O) groups is 2. The van der Waals surface area contributed by atoms with Gasteiger partial charge in [0.25, 0.3) is 11.8 Å². The van der Waals surface area contributed by atoms with E-state index < -0.39 is 0 Å². The molecule has 0 bridgehead atoms. The van der Waals surface area contributed by atoms with E-state index in [1.54, 1.807) is 26.4 Å². The minimum absolute atomic E-state index is 0.169. The van der Waals surface area contributed by atoms with Gasteiger partial charge in [-0.05, 0) is 34.7 Å². The number of amides is 2. The highest BCUT2D eigenvalue weighted by atomic mass is 32.2. The summed E-state index contributed by atoms with van der Waals surface area (Å²) in [5.41, 5.74) is 2.38. The summed E-state index contributed by atoms with van der Waals surface area (Å²) in [6, 6.07) is 19.1. The van der Waals surface area contributed by atoms with Crippen LogP contribution < -0.4 is 9.47 Å². The minimum Gasteiger partial charge on any atom is -0.493 e. The normalized spacial score (nSPS) is 13.8. The molecule has 1 aliphatic heterocycles. The van der Waals surface area contributed by atoms with E-state index in [0.717, 1.165) is 16.0 Å². The van der Waals surface area contributed by atoms with Crippen LogP contribution in [0.5, 0.6) is 11.5 Å². The average molecular weight is 452 g/mol. The zero-order valence-electron chi connectivity index (χ0n) is 17.2. The van der Waals surface area contributed by atoms with Crippen LogP contribution in [-0.2, 0) is 21.9 Å². The minimum atomic E-state index is -0.266. The van der Waals surface area contributed by atoms with Crippen molar-refractivity contribution in [1.82, 2.24) is 4.90 Å². The molecule has 0 fully saturated rings. The summed E-state index contributed by atoms with van der Waals surface area (Å²) in [5, 5.41) is 1.91. The van der Waals surface area contributed by atoms with Gasteiger partial charge in [0.2, 0.25) is 0 Å². The largest absolute Gasteiger partial charge is 0.493 e. The maximum absolute atomic E-state index is 13.3. The Kier molecular flexibility index (Phi) is 6.44. The van der Waals surface area contributed by atoms with Gasteiger partial charge in [-0.25, -0.2) is 0 Å². The highest BCUT2D eigenvalue weighted by Gasteiger charge is 2.39. The Balaban J connectivity index is 1.62. The summed E-state index contributed by atoms with van der Waals surface area (Å²) in [5.74, 6) is 1.25. The number of imide groups is 1. The Hall–Kier alpha value is -3.03. The van der Waals surface area contributed by atoms with E-state index in [1.807, 2.05) is 53.9 Å². The lowest BCUT2D eigenvalue weighted by molar-refractivity contribution is -0.137. The Labute approximate surface area is 189 Å². The quantitative estimate of drug-likeness (QED) is 0.452. The van der Waals surface area contributed by atoms with Gasteiger partial charge < -0.3 is 9.47 Å². The molecule has 0 spiro atoms. The van der Waals surface area contributed by atoms with E-state index in [0.29, 0.717) is 27.7 Å². The number of hydrogen-bond donors (Lipinski definition) is 0. The van der Waals surface area contributed by atoms with Crippen molar-refractivity contribution in [3.8, 4) is 11.5 Å². The third-order valence-corrected chi connectivity index (χ3v) is 6.94. The van der Waals surface area contributed by atoms with Crippen molar-refractivity contribution in [3.05, 3.63) is 87.0 Å². The molecule has 3 aromatic rings. The lowest BCUT2D eigenvalue weighted by Crippen LogP contribution is -2.30. The maximum atomic E-state index is 13.3. The summed E-state index contributed by atoms with van der Waals surface area (Å²) in [4.78, 5) is 29.2. The SMILES string of the molecule is COc1ccc(CN2C(=O)C(SCc3ccccc3)=C(c3cccs3)C2=O)cc1OC.